The minimum atomic E-state index is -0.891. The molecule has 0 aliphatic heterocycles. The average Bonchev–Trinajstić information content (AvgIpc) is 2.60. The quantitative estimate of drug-likeness (QED) is 0.562. The van der Waals surface area contributed by atoms with Crippen LogP contribution in [0.2, 0.25) is 0 Å². The predicted octanol–water partition coefficient (Wildman–Crippen LogP) is 0.829. The first-order valence-electron chi connectivity index (χ1n) is 7.42. The van der Waals surface area contributed by atoms with Crippen molar-refractivity contribution in [2.24, 2.45) is 17.6 Å². The van der Waals surface area contributed by atoms with Crippen LogP contribution in [0.1, 0.15) is 46.0 Å². The molecule has 0 aromatic carbocycles. The number of amides is 3. The molecule has 1 aliphatic carbocycles. The smallest absolute Gasteiger partial charge is 0.315 e. The van der Waals surface area contributed by atoms with Crippen LogP contribution in [-0.2, 0) is 9.59 Å². The number of hydrogen-bond acceptors (Lipinski definition) is 3. The largest absolute Gasteiger partial charge is 0.481 e. The van der Waals surface area contributed by atoms with Crippen molar-refractivity contribution in [1.82, 2.24) is 10.6 Å². The summed E-state index contributed by atoms with van der Waals surface area (Å²) in [5.74, 6) is -2.20. The lowest BCUT2D eigenvalue weighted by molar-refractivity contribution is -0.142. The zero-order valence-corrected chi connectivity index (χ0v) is 12.6. The lowest BCUT2D eigenvalue weighted by atomic mass is 9.95. The van der Waals surface area contributed by atoms with Gasteiger partial charge >= 0.3 is 12.0 Å². The first kappa shape index (κ1) is 17.3. The van der Waals surface area contributed by atoms with E-state index < -0.39 is 35.9 Å². The Bertz CT molecular complexity index is 398. The van der Waals surface area contributed by atoms with E-state index in [4.69, 9.17) is 5.73 Å². The number of urea groups is 1. The van der Waals surface area contributed by atoms with Gasteiger partial charge in [0.05, 0.1) is 5.92 Å². The highest BCUT2D eigenvalue weighted by atomic mass is 16.4. The summed E-state index contributed by atoms with van der Waals surface area (Å²) in [5, 5.41) is 14.5. The second kappa shape index (κ2) is 7.85. The molecule has 1 saturated carbocycles. The first-order valence-corrected chi connectivity index (χ1v) is 7.42. The molecule has 0 aromatic heterocycles. The van der Waals surface area contributed by atoms with Crippen molar-refractivity contribution >= 4 is 17.9 Å². The Hall–Kier alpha value is -1.79. The van der Waals surface area contributed by atoms with Crippen molar-refractivity contribution in [3.8, 4) is 0 Å². The zero-order chi connectivity index (χ0) is 16.0. The van der Waals surface area contributed by atoms with Gasteiger partial charge in [0.15, 0.2) is 0 Å². The minimum Gasteiger partial charge on any atom is -0.481 e. The highest BCUT2D eigenvalue weighted by Crippen LogP contribution is 2.23. The van der Waals surface area contributed by atoms with E-state index in [1.54, 1.807) is 13.8 Å². The molecular weight excluding hydrogens is 274 g/mol. The van der Waals surface area contributed by atoms with Gasteiger partial charge < -0.3 is 21.5 Å². The molecule has 3 unspecified atom stereocenters. The van der Waals surface area contributed by atoms with E-state index >= 15 is 0 Å². The van der Waals surface area contributed by atoms with E-state index in [1.165, 1.54) is 0 Å². The Balaban J connectivity index is 2.66. The summed E-state index contributed by atoms with van der Waals surface area (Å²) in [4.78, 5) is 34.6. The van der Waals surface area contributed by atoms with Crippen molar-refractivity contribution in [3.05, 3.63) is 0 Å². The number of primary amides is 1. The Morgan fingerprint density at radius 3 is 2.29 bits per heavy atom. The van der Waals surface area contributed by atoms with E-state index in [0.717, 1.165) is 19.3 Å². The van der Waals surface area contributed by atoms with Crippen LogP contribution in [0.15, 0.2) is 0 Å². The third-order valence-electron chi connectivity index (χ3n) is 3.91. The maximum absolute atomic E-state index is 12.0. The molecule has 3 amide bonds. The van der Waals surface area contributed by atoms with Gasteiger partial charge in [0.1, 0.15) is 6.04 Å². The third kappa shape index (κ3) is 5.24. The van der Waals surface area contributed by atoms with Crippen LogP contribution in [0, 0.1) is 11.8 Å². The molecule has 1 aliphatic rings. The van der Waals surface area contributed by atoms with E-state index in [9.17, 15) is 19.5 Å². The first-order chi connectivity index (χ1) is 9.82. The molecule has 1 rings (SSSR count). The number of nitrogens with two attached hydrogens (primary N) is 1. The molecule has 5 N–H and O–H groups in total. The SMILES string of the molecule is CC(C)C(NC(=O)NC1CCCCCC1C(=O)O)C(N)=O. The molecular formula is C14H25N3O4. The molecule has 0 heterocycles. The molecule has 0 aromatic rings. The molecule has 7 heteroatoms. The number of hydrogen-bond donors (Lipinski definition) is 4. The van der Waals surface area contributed by atoms with Crippen LogP contribution >= 0.6 is 0 Å². The van der Waals surface area contributed by atoms with Gasteiger partial charge in [-0.05, 0) is 18.8 Å². The second-order valence-corrected chi connectivity index (χ2v) is 5.93. The van der Waals surface area contributed by atoms with Crippen molar-refractivity contribution in [1.29, 1.82) is 0 Å². The monoisotopic (exact) mass is 299 g/mol. The van der Waals surface area contributed by atoms with Crippen molar-refractivity contribution in [2.75, 3.05) is 0 Å². The lowest BCUT2D eigenvalue weighted by Crippen LogP contribution is -2.54. The van der Waals surface area contributed by atoms with Gasteiger partial charge in [-0.3, -0.25) is 9.59 Å². The normalized spacial score (nSPS) is 24.0. The Morgan fingerprint density at radius 1 is 1.14 bits per heavy atom. The standard InChI is InChI=1S/C14H25N3O4/c1-8(2)11(12(15)18)17-14(21)16-10-7-5-3-4-6-9(10)13(19)20/h8-11H,3-7H2,1-2H3,(H2,15,18)(H,19,20)(H2,16,17,21). The fourth-order valence-corrected chi connectivity index (χ4v) is 2.69. The molecule has 1 fully saturated rings. The van der Waals surface area contributed by atoms with Crippen LogP contribution in [0.25, 0.3) is 0 Å². The van der Waals surface area contributed by atoms with Crippen LogP contribution < -0.4 is 16.4 Å². The van der Waals surface area contributed by atoms with E-state index in [1.807, 2.05) is 0 Å². The minimum absolute atomic E-state index is 0.127. The number of rotatable bonds is 5. The van der Waals surface area contributed by atoms with Gasteiger partial charge in [-0.2, -0.15) is 0 Å². The molecule has 0 saturated heterocycles. The summed E-state index contributed by atoms with van der Waals surface area (Å²) in [7, 11) is 0. The second-order valence-electron chi connectivity index (χ2n) is 5.93. The summed E-state index contributed by atoms with van der Waals surface area (Å²) < 4.78 is 0. The maximum atomic E-state index is 12.0. The van der Waals surface area contributed by atoms with Crippen molar-refractivity contribution in [2.45, 2.75) is 58.0 Å². The van der Waals surface area contributed by atoms with E-state index in [0.29, 0.717) is 12.8 Å². The Labute approximate surface area is 124 Å². The molecule has 21 heavy (non-hydrogen) atoms. The van der Waals surface area contributed by atoms with Crippen molar-refractivity contribution < 1.29 is 19.5 Å². The highest BCUT2D eigenvalue weighted by molar-refractivity contribution is 5.86. The number of aliphatic carboxylic acids is 1. The zero-order valence-electron chi connectivity index (χ0n) is 12.6. The van der Waals surface area contributed by atoms with Gasteiger partial charge in [0.2, 0.25) is 5.91 Å². The Kier molecular flexibility index (Phi) is 6.45. The third-order valence-corrected chi connectivity index (χ3v) is 3.91. The summed E-state index contributed by atoms with van der Waals surface area (Å²) in [6.45, 7) is 3.56. The summed E-state index contributed by atoms with van der Waals surface area (Å²) in [6.07, 6.45) is 3.90. The van der Waals surface area contributed by atoms with Crippen LogP contribution in [0.4, 0.5) is 4.79 Å². The molecule has 0 radical (unpaired) electrons. The van der Waals surface area contributed by atoms with Crippen molar-refractivity contribution in [3.63, 3.8) is 0 Å². The fourth-order valence-electron chi connectivity index (χ4n) is 2.69. The molecule has 3 atom stereocenters. The molecule has 7 nitrogen and oxygen atoms in total. The number of carbonyl (C=O) groups excluding carboxylic acids is 2. The average molecular weight is 299 g/mol. The van der Waals surface area contributed by atoms with Gasteiger partial charge in [0.25, 0.3) is 0 Å². The Morgan fingerprint density at radius 2 is 1.76 bits per heavy atom. The van der Waals surface area contributed by atoms with Crippen LogP contribution in [0.5, 0.6) is 0 Å². The maximum Gasteiger partial charge on any atom is 0.315 e. The van der Waals surface area contributed by atoms with E-state index in [-0.39, 0.29) is 5.92 Å². The fraction of sp³-hybridized carbons (Fsp3) is 0.786. The number of carboxylic acid groups (broad SMARTS) is 1. The number of nitrogens with one attached hydrogen (secondary N) is 2. The molecule has 0 bridgehead atoms. The van der Waals surface area contributed by atoms with E-state index in [2.05, 4.69) is 10.6 Å². The molecule has 120 valence electrons. The summed E-state index contributed by atoms with van der Waals surface area (Å²) >= 11 is 0. The summed E-state index contributed by atoms with van der Waals surface area (Å²) in [6, 6.07) is -1.71. The number of carbonyl (C=O) groups is 3. The van der Waals surface area contributed by atoms with Gasteiger partial charge in [-0.25, -0.2) is 4.79 Å². The van der Waals surface area contributed by atoms with Gasteiger partial charge in [0, 0.05) is 6.04 Å². The number of carboxylic acids is 1. The topological polar surface area (TPSA) is 122 Å². The molecule has 0 spiro atoms. The summed E-state index contributed by atoms with van der Waals surface area (Å²) in [5.41, 5.74) is 5.24. The predicted molar refractivity (Wildman–Crippen MR) is 77.5 cm³/mol. The van der Waals surface area contributed by atoms with Crippen LogP contribution in [0.3, 0.4) is 0 Å². The van der Waals surface area contributed by atoms with Crippen LogP contribution in [-0.4, -0.2) is 35.1 Å². The van der Waals surface area contributed by atoms with Gasteiger partial charge in [-0.15, -0.1) is 0 Å². The van der Waals surface area contributed by atoms with Gasteiger partial charge in [-0.1, -0.05) is 33.1 Å². The highest BCUT2D eigenvalue weighted by Gasteiger charge is 2.31. The lowest BCUT2D eigenvalue weighted by Gasteiger charge is -2.25.